The van der Waals surface area contributed by atoms with Crippen LogP contribution >= 0.6 is 0 Å². The summed E-state index contributed by atoms with van der Waals surface area (Å²) in [4.78, 5) is 11.5. The van der Waals surface area contributed by atoms with E-state index in [1.54, 1.807) is 0 Å². The Morgan fingerprint density at radius 2 is 1.78 bits per heavy atom. The maximum absolute atomic E-state index is 11.5. The Hall–Kier alpha value is -0.570. The van der Waals surface area contributed by atoms with Gasteiger partial charge in [-0.3, -0.25) is 10.1 Å². The summed E-state index contributed by atoms with van der Waals surface area (Å²) in [6.45, 7) is 3.22. The SMILES string of the molecule is CCCCCCCCCCC(=O)OC1CCCN1. The molecular formula is C15H29NO2. The van der Waals surface area contributed by atoms with Gasteiger partial charge in [0.05, 0.1) is 0 Å². The molecule has 18 heavy (non-hydrogen) atoms. The number of rotatable bonds is 10. The lowest BCUT2D eigenvalue weighted by molar-refractivity contribution is -0.149. The maximum Gasteiger partial charge on any atom is 0.307 e. The molecule has 1 unspecified atom stereocenters. The van der Waals surface area contributed by atoms with Gasteiger partial charge in [-0.2, -0.15) is 0 Å². The Bertz CT molecular complexity index is 213. The van der Waals surface area contributed by atoms with Gasteiger partial charge in [-0.05, 0) is 25.8 Å². The highest BCUT2D eigenvalue weighted by Crippen LogP contribution is 2.11. The molecule has 1 fully saturated rings. The van der Waals surface area contributed by atoms with Gasteiger partial charge in [-0.15, -0.1) is 0 Å². The van der Waals surface area contributed by atoms with Gasteiger partial charge in [-0.1, -0.05) is 51.9 Å². The predicted octanol–water partition coefficient (Wildman–Crippen LogP) is 3.77. The van der Waals surface area contributed by atoms with Crippen molar-refractivity contribution in [3.63, 3.8) is 0 Å². The van der Waals surface area contributed by atoms with Crippen molar-refractivity contribution in [2.45, 2.75) is 83.8 Å². The maximum atomic E-state index is 11.5. The van der Waals surface area contributed by atoms with Crippen molar-refractivity contribution in [3.8, 4) is 0 Å². The lowest BCUT2D eigenvalue weighted by atomic mass is 10.1. The average molecular weight is 255 g/mol. The first-order valence-electron chi connectivity index (χ1n) is 7.76. The zero-order valence-corrected chi connectivity index (χ0v) is 11.9. The van der Waals surface area contributed by atoms with Gasteiger partial charge in [0.15, 0.2) is 6.23 Å². The Kier molecular flexibility index (Phi) is 8.92. The molecule has 1 aliphatic heterocycles. The number of unbranched alkanes of at least 4 members (excludes halogenated alkanes) is 7. The van der Waals surface area contributed by atoms with Gasteiger partial charge < -0.3 is 4.74 Å². The molecule has 1 N–H and O–H groups in total. The van der Waals surface area contributed by atoms with E-state index < -0.39 is 0 Å². The van der Waals surface area contributed by atoms with E-state index in [0.717, 1.165) is 25.8 Å². The zero-order valence-electron chi connectivity index (χ0n) is 11.9. The molecular weight excluding hydrogens is 226 g/mol. The Morgan fingerprint density at radius 1 is 1.11 bits per heavy atom. The molecule has 0 radical (unpaired) electrons. The summed E-state index contributed by atoms with van der Waals surface area (Å²) in [7, 11) is 0. The first-order chi connectivity index (χ1) is 8.83. The Morgan fingerprint density at radius 3 is 2.39 bits per heavy atom. The molecule has 1 heterocycles. The normalized spacial score (nSPS) is 19.1. The molecule has 0 aliphatic carbocycles. The van der Waals surface area contributed by atoms with Crippen LogP contribution in [0.5, 0.6) is 0 Å². The molecule has 0 aromatic rings. The van der Waals surface area contributed by atoms with Crippen LogP contribution in [0.3, 0.4) is 0 Å². The summed E-state index contributed by atoms with van der Waals surface area (Å²) in [5.41, 5.74) is 0. The molecule has 1 rings (SSSR count). The largest absolute Gasteiger partial charge is 0.447 e. The van der Waals surface area contributed by atoms with E-state index in [2.05, 4.69) is 12.2 Å². The van der Waals surface area contributed by atoms with Gasteiger partial charge in [-0.25, -0.2) is 0 Å². The minimum absolute atomic E-state index is 0.00783. The van der Waals surface area contributed by atoms with Crippen molar-refractivity contribution in [1.82, 2.24) is 5.32 Å². The fourth-order valence-corrected chi connectivity index (χ4v) is 2.37. The van der Waals surface area contributed by atoms with Gasteiger partial charge >= 0.3 is 5.97 Å². The van der Waals surface area contributed by atoms with E-state index in [-0.39, 0.29) is 12.2 Å². The van der Waals surface area contributed by atoms with E-state index in [0.29, 0.717) is 6.42 Å². The number of hydrogen-bond donors (Lipinski definition) is 1. The number of esters is 1. The molecule has 0 saturated carbocycles. The van der Waals surface area contributed by atoms with E-state index in [4.69, 9.17) is 4.74 Å². The van der Waals surface area contributed by atoms with Crippen molar-refractivity contribution in [2.24, 2.45) is 0 Å². The Labute approximate surface area is 112 Å². The lowest BCUT2D eigenvalue weighted by Crippen LogP contribution is -2.27. The van der Waals surface area contributed by atoms with E-state index >= 15 is 0 Å². The minimum Gasteiger partial charge on any atom is -0.447 e. The van der Waals surface area contributed by atoms with Crippen molar-refractivity contribution in [2.75, 3.05) is 6.54 Å². The van der Waals surface area contributed by atoms with Crippen LogP contribution < -0.4 is 5.32 Å². The topological polar surface area (TPSA) is 38.3 Å². The summed E-state index contributed by atoms with van der Waals surface area (Å²) < 4.78 is 5.32. The van der Waals surface area contributed by atoms with Gasteiger partial charge in [0.1, 0.15) is 0 Å². The highest BCUT2D eigenvalue weighted by molar-refractivity contribution is 5.69. The van der Waals surface area contributed by atoms with Crippen LogP contribution in [0, 0.1) is 0 Å². The molecule has 0 amide bonds. The second-order valence-corrected chi connectivity index (χ2v) is 5.30. The summed E-state index contributed by atoms with van der Waals surface area (Å²) in [5.74, 6) is -0.0274. The van der Waals surface area contributed by atoms with Crippen molar-refractivity contribution in [1.29, 1.82) is 0 Å². The van der Waals surface area contributed by atoms with Crippen LogP contribution in [0.15, 0.2) is 0 Å². The monoisotopic (exact) mass is 255 g/mol. The molecule has 1 aliphatic rings. The molecule has 0 aromatic heterocycles. The first-order valence-corrected chi connectivity index (χ1v) is 7.76. The van der Waals surface area contributed by atoms with Crippen LogP contribution in [0.2, 0.25) is 0 Å². The highest BCUT2D eigenvalue weighted by atomic mass is 16.6. The first kappa shape index (κ1) is 15.5. The highest BCUT2D eigenvalue weighted by Gasteiger charge is 2.17. The van der Waals surface area contributed by atoms with Crippen molar-refractivity contribution < 1.29 is 9.53 Å². The van der Waals surface area contributed by atoms with Crippen LogP contribution in [-0.4, -0.2) is 18.7 Å². The molecule has 0 spiro atoms. The molecule has 1 atom stereocenters. The van der Waals surface area contributed by atoms with Crippen LogP contribution in [0.4, 0.5) is 0 Å². The van der Waals surface area contributed by atoms with E-state index in [1.165, 1.54) is 44.9 Å². The van der Waals surface area contributed by atoms with Gasteiger partial charge in [0.2, 0.25) is 0 Å². The lowest BCUT2D eigenvalue weighted by Gasteiger charge is -2.11. The fraction of sp³-hybridized carbons (Fsp3) is 0.933. The van der Waals surface area contributed by atoms with Crippen LogP contribution in [0.1, 0.15) is 77.6 Å². The number of ether oxygens (including phenoxy) is 1. The third kappa shape index (κ3) is 7.70. The van der Waals surface area contributed by atoms with Crippen molar-refractivity contribution in [3.05, 3.63) is 0 Å². The number of carbonyl (C=O) groups excluding carboxylic acids is 1. The molecule has 3 nitrogen and oxygen atoms in total. The van der Waals surface area contributed by atoms with Gasteiger partial charge in [0.25, 0.3) is 0 Å². The predicted molar refractivity (Wildman–Crippen MR) is 74.3 cm³/mol. The van der Waals surface area contributed by atoms with Crippen LogP contribution in [-0.2, 0) is 9.53 Å². The van der Waals surface area contributed by atoms with E-state index in [1.807, 2.05) is 0 Å². The third-order valence-corrected chi connectivity index (χ3v) is 3.52. The Balaban J connectivity index is 1.83. The minimum atomic E-state index is -0.0274. The second-order valence-electron chi connectivity index (χ2n) is 5.30. The quantitative estimate of drug-likeness (QED) is 0.477. The summed E-state index contributed by atoms with van der Waals surface area (Å²) in [5, 5.41) is 3.17. The summed E-state index contributed by atoms with van der Waals surface area (Å²) >= 11 is 0. The van der Waals surface area contributed by atoms with E-state index in [9.17, 15) is 4.79 Å². The summed E-state index contributed by atoms with van der Waals surface area (Å²) in [6.07, 6.45) is 12.8. The van der Waals surface area contributed by atoms with Crippen LogP contribution in [0.25, 0.3) is 0 Å². The second kappa shape index (κ2) is 10.4. The van der Waals surface area contributed by atoms with Crippen molar-refractivity contribution >= 4 is 5.97 Å². The molecule has 1 saturated heterocycles. The number of nitrogens with one attached hydrogen (secondary N) is 1. The fourth-order valence-electron chi connectivity index (χ4n) is 2.37. The number of hydrogen-bond acceptors (Lipinski definition) is 3. The van der Waals surface area contributed by atoms with Gasteiger partial charge in [0, 0.05) is 6.42 Å². The molecule has 0 aromatic carbocycles. The average Bonchev–Trinajstić information content (AvgIpc) is 2.85. The zero-order chi connectivity index (χ0) is 13.1. The summed E-state index contributed by atoms with van der Waals surface area (Å²) in [6, 6.07) is 0. The smallest absolute Gasteiger partial charge is 0.307 e. The molecule has 0 bridgehead atoms. The number of carbonyl (C=O) groups is 1. The molecule has 3 heteroatoms. The third-order valence-electron chi connectivity index (χ3n) is 3.52. The standard InChI is InChI=1S/C15H29NO2/c1-2-3-4-5-6-7-8-9-12-15(17)18-14-11-10-13-16-14/h14,16H,2-13H2,1H3. The molecule has 106 valence electrons.